The van der Waals surface area contributed by atoms with Crippen LogP contribution in [0.1, 0.15) is 0 Å². The molecule has 0 aliphatic carbocycles. The average Bonchev–Trinajstić information content (AvgIpc) is 3.92. The summed E-state index contributed by atoms with van der Waals surface area (Å²) in [5.41, 5.74) is 7.69. The van der Waals surface area contributed by atoms with Gasteiger partial charge in [-0.1, -0.05) is 121 Å². The topological polar surface area (TPSA) is 56.7 Å². The Bertz CT molecular complexity index is 3500. The number of furan rings is 1. The van der Waals surface area contributed by atoms with Gasteiger partial charge in [0.2, 0.25) is 0 Å². The maximum Gasteiger partial charge on any atom is 0.166 e. The fourth-order valence-corrected chi connectivity index (χ4v) is 9.51. The van der Waals surface area contributed by atoms with Gasteiger partial charge in [-0.15, -0.1) is 11.3 Å². The molecule has 4 heterocycles. The van der Waals surface area contributed by atoms with Crippen molar-refractivity contribution in [1.29, 1.82) is 0 Å². The van der Waals surface area contributed by atoms with Crippen LogP contribution in [-0.4, -0.2) is 19.5 Å². The van der Waals surface area contributed by atoms with Crippen molar-refractivity contribution in [3.63, 3.8) is 0 Å². The summed E-state index contributed by atoms with van der Waals surface area (Å²) in [5.74, 6) is 1.81. The van der Waals surface area contributed by atoms with Gasteiger partial charge in [-0.3, -0.25) is 0 Å². The van der Waals surface area contributed by atoms with Crippen molar-refractivity contribution in [3.8, 4) is 39.9 Å². The van der Waals surface area contributed by atoms with E-state index in [1.807, 2.05) is 59.9 Å². The molecule has 0 fully saturated rings. The van der Waals surface area contributed by atoms with E-state index < -0.39 is 0 Å². The summed E-state index contributed by atoms with van der Waals surface area (Å²) in [6.45, 7) is 0. The summed E-state index contributed by atoms with van der Waals surface area (Å²) < 4.78 is 11.2. The molecule has 0 N–H and O–H groups in total. The number of benzene rings is 8. The Labute approximate surface area is 318 Å². The zero-order valence-electron chi connectivity index (χ0n) is 29.3. The SMILES string of the molecule is c1ccc(-c2nc(-c3ccc4sc5ccccc5c4c3-n3c4ccccc4c4cc5ccccc5cc43)nc(-c3cccc4oc5ccccc5c34)n2)cc1. The standard InChI is InChI=1S/C49H28N4OS/c1-2-13-29(14-3-1)47-50-48(35-20-12-23-41-44(35)33-18-7-10-22-40(33)54-41)52-49(51-47)36-25-26-43-45(34-19-8-11-24-42(34)55-43)46(36)53-38-21-9-6-17-32(38)37-27-30-15-4-5-16-31(30)28-39(37)53/h1-28H. The Morgan fingerprint density at radius 2 is 1.09 bits per heavy atom. The Balaban J connectivity index is 1.24. The Hall–Kier alpha value is -7.15. The van der Waals surface area contributed by atoms with Gasteiger partial charge >= 0.3 is 0 Å². The van der Waals surface area contributed by atoms with Crippen molar-refractivity contribution in [2.24, 2.45) is 0 Å². The lowest BCUT2D eigenvalue weighted by Gasteiger charge is -2.17. The molecule has 0 atom stereocenters. The number of nitrogens with zero attached hydrogens (tertiary/aromatic N) is 4. The van der Waals surface area contributed by atoms with Crippen molar-refractivity contribution in [2.75, 3.05) is 0 Å². The number of rotatable bonds is 4. The van der Waals surface area contributed by atoms with Crippen LogP contribution < -0.4 is 0 Å². The molecule has 12 rings (SSSR count). The number of fused-ring (bicyclic) bond motifs is 10. The molecule has 55 heavy (non-hydrogen) atoms. The van der Waals surface area contributed by atoms with Crippen LogP contribution in [0.2, 0.25) is 0 Å². The molecule has 4 aromatic heterocycles. The molecule has 0 unspecified atom stereocenters. The van der Waals surface area contributed by atoms with Crippen LogP contribution >= 0.6 is 11.3 Å². The highest BCUT2D eigenvalue weighted by molar-refractivity contribution is 7.25. The van der Waals surface area contributed by atoms with Gasteiger partial charge in [0.15, 0.2) is 17.5 Å². The number of hydrogen-bond donors (Lipinski definition) is 0. The number of thiophene rings is 1. The monoisotopic (exact) mass is 720 g/mol. The van der Waals surface area contributed by atoms with Crippen LogP contribution in [0.25, 0.3) is 115 Å². The zero-order valence-corrected chi connectivity index (χ0v) is 30.1. The summed E-state index contributed by atoms with van der Waals surface area (Å²) in [7, 11) is 0. The van der Waals surface area contributed by atoms with Gasteiger partial charge in [-0.25, -0.2) is 15.0 Å². The molecule has 5 nitrogen and oxygen atoms in total. The summed E-state index contributed by atoms with van der Waals surface area (Å²) in [4.78, 5) is 15.9. The predicted molar refractivity (Wildman–Crippen MR) is 228 cm³/mol. The van der Waals surface area contributed by atoms with E-state index in [0.717, 1.165) is 55.3 Å². The fraction of sp³-hybridized carbons (Fsp3) is 0. The highest BCUT2D eigenvalue weighted by Gasteiger charge is 2.24. The number of aromatic nitrogens is 4. The smallest absolute Gasteiger partial charge is 0.166 e. The third-order valence-corrected chi connectivity index (χ3v) is 12.0. The molecule has 0 saturated heterocycles. The van der Waals surface area contributed by atoms with Crippen molar-refractivity contribution in [1.82, 2.24) is 19.5 Å². The van der Waals surface area contributed by atoms with Gasteiger partial charge in [-0.2, -0.15) is 0 Å². The van der Waals surface area contributed by atoms with Crippen LogP contribution in [0.15, 0.2) is 174 Å². The second-order valence-corrected chi connectivity index (χ2v) is 15.0. The fourth-order valence-electron chi connectivity index (χ4n) is 8.40. The van der Waals surface area contributed by atoms with Crippen molar-refractivity contribution >= 4 is 86.0 Å². The normalized spacial score (nSPS) is 12.0. The lowest BCUT2D eigenvalue weighted by molar-refractivity contribution is 0.669. The third kappa shape index (κ3) is 4.55. The van der Waals surface area contributed by atoms with Crippen LogP contribution in [0.4, 0.5) is 0 Å². The van der Waals surface area contributed by atoms with E-state index in [2.05, 4.69) is 126 Å². The van der Waals surface area contributed by atoms with Gasteiger partial charge < -0.3 is 8.98 Å². The maximum absolute atomic E-state index is 6.33. The molecular weight excluding hydrogens is 693 g/mol. The van der Waals surface area contributed by atoms with Crippen LogP contribution in [0, 0.1) is 0 Å². The molecular formula is C49H28N4OS. The molecule has 0 bridgehead atoms. The van der Waals surface area contributed by atoms with Gasteiger partial charge in [0.25, 0.3) is 0 Å². The molecule has 6 heteroatoms. The van der Waals surface area contributed by atoms with Gasteiger partial charge in [0.05, 0.1) is 16.7 Å². The summed E-state index contributed by atoms with van der Waals surface area (Å²) in [6, 6.07) is 59.6. The lowest BCUT2D eigenvalue weighted by atomic mass is 10.0. The highest BCUT2D eigenvalue weighted by atomic mass is 32.1. The molecule has 0 amide bonds. The van der Waals surface area contributed by atoms with Gasteiger partial charge in [0.1, 0.15) is 11.2 Å². The molecule has 256 valence electrons. The number of hydrogen-bond acceptors (Lipinski definition) is 5. The predicted octanol–water partition coefficient (Wildman–Crippen LogP) is 13.4. The van der Waals surface area contributed by atoms with E-state index in [1.165, 1.54) is 41.7 Å². The van der Waals surface area contributed by atoms with E-state index in [9.17, 15) is 0 Å². The molecule has 12 aromatic rings. The first kappa shape index (κ1) is 30.3. The molecule has 8 aromatic carbocycles. The zero-order chi connectivity index (χ0) is 36.0. The minimum absolute atomic E-state index is 0.593. The van der Waals surface area contributed by atoms with Crippen molar-refractivity contribution in [3.05, 3.63) is 170 Å². The molecule has 0 aliphatic rings. The Morgan fingerprint density at radius 1 is 0.418 bits per heavy atom. The van der Waals surface area contributed by atoms with E-state index in [4.69, 9.17) is 19.4 Å². The van der Waals surface area contributed by atoms with Crippen LogP contribution in [0.5, 0.6) is 0 Å². The highest BCUT2D eigenvalue weighted by Crippen LogP contribution is 2.46. The Kier molecular flexibility index (Phi) is 6.44. The molecule has 0 radical (unpaired) electrons. The van der Waals surface area contributed by atoms with E-state index >= 15 is 0 Å². The second kappa shape index (κ2) is 11.7. The minimum atomic E-state index is 0.593. The first-order valence-electron chi connectivity index (χ1n) is 18.4. The summed E-state index contributed by atoms with van der Waals surface area (Å²) in [6.07, 6.45) is 0. The Morgan fingerprint density at radius 3 is 1.96 bits per heavy atom. The van der Waals surface area contributed by atoms with E-state index in [1.54, 1.807) is 0 Å². The molecule has 0 saturated carbocycles. The summed E-state index contributed by atoms with van der Waals surface area (Å²) in [5, 5.41) is 9.22. The van der Waals surface area contributed by atoms with Crippen LogP contribution in [0.3, 0.4) is 0 Å². The van der Waals surface area contributed by atoms with Gasteiger partial charge in [-0.05, 0) is 59.3 Å². The first-order valence-corrected chi connectivity index (χ1v) is 19.2. The van der Waals surface area contributed by atoms with Crippen molar-refractivity contribution < 1.29 is 4.42 Å². The van der Waals surface area contributed by atoms with Crippen molar-refractivity contribution in [2.45, 2.75) is 0 Å². The average molecular weight is 721 g/mol. The summed E-state index contributed by atoms with van der Waals surface area (Å²) >= 11 is 1.82. The number of para-hydroxylation sites is 2. The first-order chi connectivity index (χ1) is 27.3. The second-order valence-electron chi connectivity index (χ2n) is 14.0. The molecule has 0 spiro atoms. The maximum atomic E-state index is 6.33. The van der Waals surface area contributed by atoms with Gasteiger partial charge in [0, 0.05) is 58.4 Å². The van der Waals surface area contributed by atoms with E-state index in [-0.39, 0.29) is 0 Å². The molecule has 0 aliphatic heterocycles. The third-order valence-electron chi connectivity index (χ3n) is 10.8. The quantitative estimate of drug-likeness (QED) is 0.182. The van der Waals surface area contributed by atoms with Crippen LogP contribution in [-0.2, 0) is 0 Å². The minimum Gasteiger partial charge on any atom is -0.456 e. The lowest BCUT2D eigenvalue weighted by Crippen LogP contribution is -2.04. The largest absolute Gasteiger partial charge is 0.456 e. The van der Waals surface area contributed by atoms with E-state index in [0.29, 0.717) is 17.5 Å².